The van der Waals surface area contributed by atoms with Crippen molar-refractivity contribution in [2.24, 2.45) is 5.92 Å². The summed E-state index contributed by atoms with van der Waals surface area (Å²) in [6.07, 6.45) is 6.62. The third kappa shape index (κ3) is 4.38. The summed E-state index contributed by atoms with van der Waals surface area (Å²) in [7, 11) is 1.67. The first-order chi connectivity index (χ1) is 10.1. The highest BCUT2D eigenvalue weighted by Gasteiger charge is 2.20. The van der Waals surface area contributed by atoms with Gasteiger partial charge in [0.25, 0.3) is 0 Å². The van der Waals surface area contributed by atoms with Crippen LogP contribution in [0.25, 0.3) is 0 Å². The Balaban J connectivity index is 2.10. The summed E-state index contributed by atoms with van der Waals surface area (Å²) in [5, 5.41) is 6.38. The third-order valence-corrected chi connectivity index (χ3v) is 4.26. The first kappa shape index (κ1) is 15.7. The lowest BCUT2D eigenvalue weighted by atomic mass is 9.84. The molecule has 0 bridgehead atoms. The van der Waals surface area contributed by atoms with E-state index in [1.165, 1.54) is 39.0 Å². The van der Waals surface area contributed by atoms with Gasteiger partial charge >= 0.3 is 0 Å². The standard InChI is InChI=1S/C17H26N2O2/c1-12(14-7-5-4-6-8-14)18-16-11-15(19-13(2)20)9-10-17(16)21-3/h9-12,14,18H,4-8H2,1-3H3,(H,19,20). The van der Waals surface area contributed by atoms with Crippen LogP contribution in [-0.4, -0.2) is 19.1 Å². The number of carbonyl (C=O) groups excluding carboxylic acids is 1. The second-order valence-electron chi connectivity index (χ2n) is 5.93. The van der Waals surface area contributed by atoms with E-state index in [9.17, 15) is 4.79 Å². The third-order valence-electron chi connectivity index (χ3n) is 4.26. The zero-order valence-corrected chi connectivity index (χ0v) is 13.2. The van der Waals surface area contributed by atoms with Gasteiger partial charge in [0, 0.05) is 18.7 Å². The van der Waals surface area contributed by atoms with Crippen LogP contribution in [0.5, 0.6) is 5.75 Å². The van der Waals surface area contributed by atoms with Gasteiger partial charge in [0.05, 0.1) is 12.8 Å². The number of carbonyl (C=O) groups is 1. The molecule has 1 unspecified atom stereocenters. The maximum Gasteiger partial charge on any atom is 0.221 e. The van der Waals surface area contributed by atoms with Gasteiger partial charge in [-0.15, -0.1) is 0 Å². The van der Waals surface area contributed by atoms with E-state index >= 15 is 0 Å². The predicted octanol–water partition coefficient (Wildman–Crippen LogP) is 4.03. The van der Waals surface area contributed by atoms with Crippen molar-refractivity contribution in [1.29, 1.82) is 0 Å². The molecule has 1 aromatic carbocycles. The number of amides is 1. The molecule has 2 N–H and O–H groups in total. The van der Waals surface area contributed by atoms with Crippen molar-refractivity contribution in [1.82, 2.24) is 0 Å². The molecule has 116 valence electrons. The van der Waals surface area contributed by atoms with Crippen LogP contribution >= 0.6 is 0 Å². The van der Waals surface area contributed by atoms with Crippen LogP contribution in [-0.2, 0) is 4.79 Å². The Morgan fingerprint density at radius 3 is 2.62 bits per heavy atom. The van der Waals surface area contributed by atoms with Gasteiger partial charge in [0.2, 0.25) is 5.91 Å². The molecule has 2 rings (SSSR count). The van der Waals surface area contributed by atoms with Gasteiger partial charge in [0.1, 0.15) is 5.75 Å². The largest absolute Gasteiger partial charge is 0.495 e. The monoisotopic (exact) mass is 290 g/mol. The normalized spacial score (nSPS) is 17.1. The number of benzene rings is 1. The first-order valence-corrected chi connectivity index (χ1v) is 7.82. The highest BCUT2D eigenvalue weighted by molar-refractivity contribution is 5.89. The molecule has 4 heteroatoms. The molecule has 21 heavy (non-hydrogen) atoms. The van der Waals surface area contributed by atoms with Crippen molar-refractivity contribution in [2.45, 2.75) is 52.0 Å². The Kier molecular flexibility index (Phi) is 5.48. The second-order valence-corrected chi connectivity index (χ2v) is 5.93. The van der Waals surface area contributed by atoms with E-state index in [1.54, 1.807) is 7.11 Å². The molecule has 0 heterocycles. The van der Waals surface area contributed by atoms with E-state index in [1.807, 2.05) is 18.2 Å². The van der Waals surface area contributed by atoms with Crippen LogP contribution in [0.2, 0.25) is 0 Å². The molecule has 4 nitrogen and oxygen atoms in total. The fourth-order valence-electron chi connectivity index (χ4n) is 3.10. The molecular weight excluding hydrogens is 264 g/mol. The number of hydrogen-bond donors (Lipinski definition) is 2. The fourth-order valence-corrected chi connectivity index (χ4v) is 3.10. The van der Waals surface area contributed by atoms with Gasteiger partial charge in [-0.05, 0) is 43.9 Å². The zero-order valence-electron chi connectivity index (χ0n) is 13.2. The average Bonchev–Trinajstić information content (AvgIpc) is 2.48. The summed E-state index contributed by atoms with van der Waals surface area (Å²) in [5.41, 5.74) is 1.74. The molecule has 0 aromatic heterocycles. The fraction of sp³-hybridized carbons (Fsp3) is 0.588. The maximum absolute atomic E-state index is 11.2. The van der Waals surface area contributed by atoms with Crippen LogP contribution in [0.1, 0.15) is 46.0 Å². The summed E-state index contributed by atoms with van der Waals surface area (Å²) in [6.45, 7) is 3.75. The first-order valence-electron chi connectivity index (χ1n) is 7.82. The Morgan fingerprint density at radius 2 is 2.00 bits per heavy atom. The van der Waals surface area contributed by atoms with Gasteiger partial charge < -0.3 is 15.4 Å². The number of methoxy groups -OCH3 is 1. The lowest BCUT2D eigenvalue weighted by molar-refractivity contribution is -0.114. The molecule has 1 aliphatic carbocycles. The molecule has 1 aliphatic rings. The summed E-state index contributed by atoms with van der Waals surface area (Å²) in [6, 6.07) is 6.10. The molecule has 1 fully saturated rings. The number of anilines is 2. The van der Waals surface area contributed by atoms with Crippen molar-refractivity contribution in [3.63, 3.8) is 0 Å². The van der Waals surface area contributed by atoms with Crippen molar-refractivity contribution >= 4 is 17.3 Å². The van der Waals surface area contributed by atoms with Crippen molar-refractivity contribution in [3.05, 3.63) is 18.2 Å². The summed E-state index contributed by atoms with van der Waals surface area (Å²) < 4.78 is 5.42. The van der Waals surface area contributed by atoms with Gasteiger partial charge in [-0.3, -0.25) is 4.79 Å². The van der Waals surface area contributed by atoms with Crippen LogP contribution < -0.4 is 15.4 Å². The highest BCUT2D eigenvalue weighted by atomic mass is 16.5. The Morgan fingerprint density at radius 1 is 1.29 bits per heavy atom. The molecule has 1 aromatic rings. The van der Waals surface area contributed by atoms with E-state index in [-0.39, 0.29) is 5.91 Å². The van der Waals surface area contributed by atoms with E-state index < -0.39 is 0 Å². The summed E-state index contributed by atoms with van der Waals surface area (Å²) in [4.78, 5) is 11.2. The van der Waals surface area contributed by atoms with Crippen LogP contribution in [0, 0.1) is 5.92 Å². The molecule has 0 saturated heterocycles. The smallest absolute Gasteiger partial charge is 0.221 e. The minimum atomic E-state index is -0.0635. The SMILES string of the molecule is COc1ccc(NC(C)=O)cc1NC(C)C1CCCCC1. The van der Waals surface area contributed by atoms with Crippen LogP contribution in [0.4, 0.5) is 11.4 Å². The van der Waals surface area contributed by atoms with E-state index in [2.05, 4.69) is 17.6 Å². The van der Waals surface area contributed by atoms with Gasteiger partial charge in [-0.25, -0.2) is 0 Å². The Labute approximate surface area is 127 Å². The molecule has 0 spiro atoms. The lowest BCUT2D eigenvalue weighted by Gasteiger charge is -2.29. The zero-order chi connectivity index (χ0) is 15.2. The summed E-state index contributed by atoms with van der Waals surface area (Å²) in [5.74, 6) is 1.46. The minimum Gasteiger partial charge on any atom is -0.495 e. The van der Waals surface area contributed by atoms with Gasteiger partial charge in [-0.1, -0.05) is 19.3 Å². The average molecular weight is 290 g/mol. The Bertz CT molecular complexity index is 482. The lowest BCUT2D eigenvalue weighted by Crippen LogP contribution is -2.27. The van der Waals surface area contributed by atoms with Gasteiger partial charge in [-0.2, -0.15) is 0 Å². The van der Waals surface area contributed by atoms with E-state index in [0.717, 1.165) is 17.1 Å². The van der Waals surface area contributed by atoms with E-state index in [0.29, 0.717) is 12.0 Å². The minimum absolute atomic E-state index is 0.0635. The molecule has 0 radical (unpaired) electrons. The van der Waals surface area contributed by atoms with Crippen molar-refractivity contribution in [3.8, 4) is 5.75 Å². The topological polar surface area (TPSA) is 50.4 Å². The Hall–Kier alpha value is -1.71. The van der Waals surface area contributed by atoms with Crippen molar-refractivity contribution < 1.29 is 9.53 Å². The number of rotatable bonds is 5. The highest BCUT2D eigenvalue weighted by Crippen LogP contribution is 2.32. The second kappa shape index (κ2) is 7.34. The number of hydrogen-bond acceptors (Lipinski definition) is 3. The number of ether oxygens (including phenoxy) is 1. The summed E-state index contributed by atoms with van der Waals surface area (Å²) >= 11 is 0. The molecule has 0 aliphatic heterocycles. The quantitative estimate of drug-likeness (QED) is 0.860. The van der Waals surface area contributed by atoms with Crippen molar-refractivity contribution in [2.75, 3.05) is 17.7 Å². The van der Waals surface area contributed by atoms with E-state index in [4.69, 9.17) is 4.74 Å². The van der Waals surface area contributed by atoms with Gasteiger partial charge in [0.15, 0.2) is 0 Å². The molecular formula is C17H26N2O2. The molecule has 1 saturated carbocycles. The molecule has 1 amide bonds. The van der Waals surface area contributed by atoms with Crippen LogP contribution in [0.3, 0.4) is 0 Å². The van der Waals surface area contributed by atoms with Crippen LogP contribution in [0.15, 0.2) is 18.2 Å². The number of nitrogens with one attached hydrogen (secondary N) is 2. The predicted molar refractivity (Wildman–Crippen MR) is 87.0 cm³/mol. The maximum atomic E-state index is 11.2. The molecule has 1 atom stereocenters.